The van der Waals surface area contributed by atoms with Crippen LogP contribution in [0, 0.1) is 17.2 Å². The van der Waals surface area contributed by atoms with Gasteiger partial charge in [-0.1, -0.05) is 42.5 Å². The quantitative estimate of drug-likeness (QED) is 0.548. The highest BCUT2D eigenvalue weighted by atomic mass is 32.2. The van der Waals surface area contributed by atoms with E-state index in [1.165, 1.54) is 38.1 Å². The Morgan fingerprint density at radius 1 is 1.06 bits per heavy atom. The summed E-state index contributed by atoms with van der Waals surface area (Å²) in [4.78, 5) is 37.0. The zero-order chi connectivity index (χ0) is 22.4. The molecule has 2 aromatic rings. The van der Waals surface area contributed by atoms with E-state index in [2.05, 4.69) is 11.4 Å². The molecule has 0 aliphatic carbocycles. The van der Waals surface area contributed by atoms with Crippen LogP contribution in [-0.2, 0) is 24.8 Å². The Morgan fingerprint density at radius 2 is 1.74 bits per heavy atom. The van der Waals surface area contributed by atoms with Crippen molar-refractivity contribution in [3.63, 3.8) is 0 Å². The monoisotopic (exact) mass is 436 g/mol. The van der Waals surface area contributed by atoms with E-state index in [9.17, 15) is 19.6 Å². The Hall–Kier alpha value is -3.57. The molecule has 1 aliphatic rings. The fraction of sp³-hybridized carbons (Fsp3) is 0.217. The van der Waals surface area contributed by atoms with Gasteiger partial charge in [-0.3, -0.25) is 9.59 Å². The van der Waals surface area contributed by atoms with Crippen molar-refractivity contribution in [2.24, 2.45) is 5.92 Å². The number of hydrogen-bond donors (Lipinski definition) is 1. The summed E-state index contributed by atoms with van der Waals surface area (Å²) in [6, 6.07) is 18.1. The van der Waals surface area contributed by atoms with Crippen molar-refractivity contribution < 1.29 is 23.9 Å². The van der Waals surface area contributed by atoms with E-state index in [0.717, 1.165) is 5.56 Å². The van der Waals surface area contributed by atoms with Crippen molar-refractivity contribution >= 4 is 29.6 Å². The average molecular weight is 436 g/mol. The average Bonchev–Trinajstić information content (AvgIpc) is 2.82. The molecule has 7 nitrogen and oxygen atoms in total. The highest BCUT2D eigenvalue weighted by molar-refractivity contribution is 8.02. The van der Waals surface area contributed by atoms with Crippen LogP contribution in [0.2, 0.25) is 0 Å². The molecule has 0 unspecified atom stereocenters. The number of esters is 2. The first-order valence-electron chi connectivity index (χ1n) is 9.38. The van der Waals surface area contributed by atoms with Crippen molar-refractivity contribution in [3.05, 3.63) is 81.9 Å². The van der Waals surface area contributed by atoms with Gasteiger partial charge >= 0.3 is 11.9 Å². The molecule has 0 bridgehead atoms. The van der Waals surface area contributed by atoms with Crippen molar-refractivity contribution in [3.8, 4) is 6.07 Å². The molecule has 8 heteroatoms. The smallest absolute Gasteiger partial charge is 0.337 e. The summed E-state index contributed by atoms with van der Waals surface area (Å²) < 4.78 is 9.54. The first kappa shape index (κ1) is 22.1. The summed E-state index contributed by atoms with van der Waals surface area (Å²) in [5.74, 6) is -3.30. The van der Waals surface area contributed by atoms with Gasteiger partial charge in [-0.2, -0.15) is 5.26 Å². The number of methoxy groups -OCH3 is 2. The van der Waals surface area contributed by atoms with Crippen LogP contribution in [0.25, 0.3) is 0 Å². The SMILES string of the molecule is COC(=O)c1ccc([C@H]2C(C#N)=C(SCc3ccccc3)NC(=O)[C@H]2C(=O)OC)cc1. The molecule has 31 heavy (non-hydrogen) atoms. The third-order valence-corrected chi connectivity index (χ3v) is 5.99. The molecule has 0 radical (unpaired) electrons. The van der Waals surface area contributed by atoms with Gasteiger partial charge in [0.1, 0.15) is 5.92 Å². The van der Waals surface area contributed by atoms with Crippen molar-refractivity contribution in [1.29, 1.82) is 5.26 Å². The molecule has 1 N–H and O–H groups in total. The van der Waals surface area contributed by atoms with Gasteiger partial charge in [-0.15, -0.1) is 11.8 Å². The predicted octanol–water partition coefficient (Wildman–Crippen LogP) is 3.14. The summed E-state index contributed by atoms with van der Waals surface area (Å²) in [5.41, 5.74) is 2.16. The lowest BCUT2D eigenvalue weighted by Gasteiger charge is -2.31. The number of rotatable bonds is 6. The number of nitrogens with zero attached hydrogens (tertiary/aromatic N) is 1. The van der Waals surface area contributed by atoms with Crippen LogP contribution < -0.4 is 5.32 Å². The zero-order valence-electron chi connectivity index (χ0n) is 17.0. The van der Waals surface area contributed by atoms with Gasteiger partial charge in [0.05, 0.1) is 36.5 Å². The van der Waals surface area contributed by atoms with E-state index in [1.807, 2.05) is 30.3 Å². The second-order valence-electron chi connectivity index (χ2n) is 6.71. The maximum Gasteiger partial charge on any atom is 0.337 e. The molecule has 0 saturated carbocycles. The Balaban J connectivity index is 2.02. The van der Waals surface area contributed by atoms with Gasteiger partial charge in [0.25, 0.3) is 0 Å². The Morgan fingerprint density at radius 3 is 2.32 bits per heavy atom. The minimum absolute atomic E-state index is 0.266. The van der Waals surface area contributed by atoms with Crippen LogP contribution in [0.1, 0.15) is 27.4 Å². The van der Waals surface area contributed by atoms with E-state index in [-0.39, 0.29) is 5.57 Å². The summed E-state index contributed by atoms with van der Waals surface area (Å²) in [6.45, 7) is 0. The molecule has 158 valence electrons. The number of thioether (sulfide) groups is 1. The van der Waals surface area contributed by atoms with Crippen LogP contribution in [0.4, 0.5) is 0 Å². The molecule has 2 atom stereocenters. The maximum atomic E-state index is 12.8. The fourth-order valence-corrected chi connectivity index (χ4v) is 4.36. The van der Waals surface area contributed by atoms with Crippen LogP contribution in [0.15, 0.2) is 65.2 Å². The van der Waals surface area contributed by atoms with Crippen molar-refractivity contribution in [2.45, 2.75) is 11.7 Å². The number of amides is 1. The molecule has 1 aliphatic heterocycles. The summed E-state index contributed by atoms with van der Waals surface area (Å²) >= 11 is 1.32. The summed E-state index contributed by atoms with van der Waals surface area (Å²) in [6.07, 6.45) is 0. The summed E-state index contributed by atoms with van der Waals surface area (Å²) in [5, 5.41) is 13.0. The van der Waals surface area contributed by atoms with Crippen LogP contribution in [0.5, 0.6) is 0 Å². The number of nitrogens with one attached hydrogen (secondary N) is 1. The Bertz CT molecular complexity index is 1060. The minimum Gasteiger partial charge on any atom is -0.468 e. The molecule has 0 aromatic heterocycles. The number of nitriles is 1. The first-order valence-corrected chi connectivity index (χ1v) is 10.4. The van der Waals surface area contributed by atoms with E-state index < -0.39 is 29.7 Å². The largest absolute Gasteiger partial charge is 0.468 e. The Labute approximate surface area is 184 Å². The van der Waals surface area contributed by atoms with Gasteiger partial charge in [-0.25, -0.2) is 4.79 Å². The second-order valence-corrected chi connectivity index (χ2v) is 7.70. The van der Waals surface area contributed by atoms with Crippen molar-refractivity contribution in [2.75, 3.05) is 14.2 Å². The van der Waals surface area contributed by atoms with E-state index in [1.54, 1.807) is 12.1 Å². The van der Waals surface area contributed by atoms with E-state index >= 15 is 0 Å². The molecule has 0 fully saturated rings. The van der Waals surface area contributed by atoms with Gasteiger partial charge in [0, 0.05) is 11.7 Å². The normalized spacial score (nSPS) is 18.0. The van der Waals surface area contributed by atoms with Crippen LogP contribution in [-0.4, -0.2) is 32.1 Å². The minimum atomic E-state index is -1.22. The van der Waals surface area contributed by atoms with Crippen LogP contribution in [0.3, 0.4) is 0 Å². The van der Waals surface area contributed by atoms with E-state index in [0.29, 0.717) is 21.9 Å². The standard InChI is InChI=1S/C23H20N2O5S/c1-29-22(27)16-10-8-15(9-11-16)18-17(12-24)21(25-20(26)19(18)23(28)30-2)31-13-14-6-4-3-5-7-14/h3-11,18-19H,13H2,1-2H3,(H,25,26)/t18-,19-/m0/s1. The zero-order valence-corrected chi connectivity index (χ0v) is 17.8. The molecule has 2 aromatic carbocycles. The number of carbonyl (C=O) groups excluding carboxylic acids is 3. The molecule has 1 amide bonds. The molecule has 0 spiro atoms. The molecule has 0 saturated heterocycles. The van der Waals surface area contributed by atoms with Gasteiger partial charge < -0.3 is 14.8 Å². The fourth-order valence-electron chi connectivity index (χ4n) is 3.35. The highest BCUT2D eigenvalue weighted by Gasteiger charge is 2.44. The number of carbonyl (C=O) groups is 3. The molecular formula is C23H20N2O5S. The summed E-state index contributed by atoms with van der Waals surface area (Å²) in [7, 11) is 2.48. The second kappa shape index (κ2) is 9.96. The third kappa shape index (κ3) is 4.78. The van der Waals surface area contributed by atoms with Gasteiger partial charge in [0.15, 0.2) is 0 Å². The van der Waals surface area contributed by atoms with Crippen LogP contribution >= 0.6 is 11.8 Å². The van der Waals surface area contributed by atoms with Gasteiger partial charge in [0.2, 0.25) is 5.91 Å². The molecular weight excluding hydrogens is 416 g/mol. The van der Waals surface area contributed by atoms with E-state index in [4.69, 9.17) is 9.47 Å². The lowest BCUT2D eigenvalue weighted by atomic mass is 9.78. The lowest BCUT2D eigenvalue weighted by Crippen LogP contribution is -2.44. The first-order chi connectivity index (χ1) is 15.0. The number of benzene rings is 2. The Kier molecular flexibility index (Phi) is 7.11. The third-order valence-electron chi connectivity index (χ3n) is 4.90. The van der Waals surface area contributed by atoms with Crippen molar-refractivity contribution in [1.82, 2.24) is 5.32 Å². The number of hydrogen-bond acceptors (Lipinski definition) is 7. The number of ether oxygens (including phenoxy) is 2. The lowest BCUT2D eigenvalue weighted by molar-refractivity contribution is -0.150. The topological polar surface area (TPSA) is 105 Å². The molecule has 3 rings (SSSR count). The molecule has 1 heterocycles. The number of allylic oxidation sites excluding steroid dienone is 1. The predicted molar refractivity (Wildman–Crippen MR) is 115 cm³/mol. The maximum absolute atomic E-state index is 12.8. The van der Waals surface area contributed by atoms with Gasteiger partial charge in [-0.05, 0) is 23.3 Å². The highest BCUT2D eigenvalue weighted by Crippen LogP contribution is 2.40.